The number of halogens is 1. The van der Waals surface area contributed by atoms with Gasteiger partial charge in [-0.3, -0.25) is 13.9 Å². The van der Waals surface area contributed by atoms with Crippen LogP contribution in [-0.2, 0) is 26.2 Å². The topological polar surface area (TPSA) is 86.8 Å². The van der Waals surface area contributed by atoms with E-state index in [9.17, 15) is 18.0 Å². The summed E-state index contributed by atoms with van der Waals surface area (Å²) in [6.07, 6.45) is 0.360. The van der Waals surface area contributed by atoms with Crippen LogP contribution < -0.4 is 9.62 Å². The molecule has 0 aliphatic rings. The number of carbonyl (C=O) groups is 2. The summed E-state index contributed by atoms with van der Waals surface area (Å²) in [5.41, 5.74) is 2.04. The predicted molar refractivity (Wildman–Crippen MR) is 156 cm³/mol. The van der Waals surface area contributed by atoms with Crippen LogP contribution in [0.5, 0.6) is 0 Å². The maximum absolute atomic E-state index is 14.0. The molecule has 0 radical (unpaired) electrons. The van der Waals surface area contributed by atoms with Gasteiger partial charge in [0.15, 0.2) is 0 Å². The number of para-hydroxylation sites is 1. The first-order chi connectivity index (χ1) is 18.5. The fraction of sp³-hybridized carbons (Fsp3) is 0.333. The van der Waals surface area contributed by atoms with Crippen LogP contribution in [0, 0.1) is 12.8 Å². The van der Waals surface area contributed by atoms with Crippen molar-refractivity contribution in [2.45, 2.75) is 51.6 Å². The molecule has 1 N–H and O–H groups in total. The van der Waals surface area contributed by atoms with Crippen molar-refractivity contribution >= 4 is 39.1 Å². The number of rotatable bonds is 12. The van der Waals surface area contributed by atoms with Gasteiger partial charge in [-0.15, -0.1) is 0 Å². The Morgan fingerprint density at radius 2 is 1.62 bits per heavy atom. The van der Waals surface area contributed by atoms with E-state index in [1.165, 1.54) is 17.0 Å². The molecule has 0 bridgehead atoms. The summed E-state index contributed by atoms with van der Waals surface area (Å²) in [6, 6.07) is 21.3. The highest BCUT2D eigenvalue weighted by Gasteiger charge is 2.34. The molecule has 0 unspecified atom stereocenters. The van der Waals surface area contributed by atoms with E-state index < -0.39 is 28.5 Å². The number of hydrogen-bond acceptors (Lipinski definition) is 4. The molecule has 1 atom stereocenters. The molecule has 0 aliphatic carbocycles. The lowest BCUT2D eigenvalue weighted by atomic mass is 10.1. The van der Waals surface area contributed by atoms with Crippen LogP contribution in [-0.4, -0.2) is 44.3 Å². The molecule has 9 heteroatoms. The third kappa shape index (κ3) is 7.83. The van der Waals surface area contributed by atoms with Crippen LogP contribution in [0.1, 0.15) is 38.3 Å². The fourth-order valence-electron chi connectivity index (χ4n) is 4.24. The number of nitrogens with zero attached hydrogens (tertiary/aromatic N) is 2. The maximum Gasteiger partial charge on any atom is 0.264 e. The molecular weight excluding hydrogens is 534 g/mol. The summed E-state index contributed by atoms with van der Waals surface area (Å²) in [6.45, 7) is 7.86. The van der Waals surface area contributed by atoms with Crippen LogP contribution in [0.3, 0.4) is 0 Å². The van der Waals surface area contributed by atoms with Gasteiger partial charge in [0.05, 0.1) is 15.6 Å². The van der Waals surface area contributed by atoms with Crippen LogP contribution in [0.25, 0.3) is 0 Å². The number of aryl methyl sites for hydroxylation is 1. The van der Waals surface area contributed by atoms with E-state index in [0.717, 1.165) is 15.4 Å². The average Bonchev–Trinajstić information content (AvgIpc) is 2.91. The lowest BCUT2D eigenvalue weighted by molar-refractivity contribution is -0.140. The molecule has 0 fully saturated rings. The highest BCUT2D eigenvalue weighted by Crippen LogP contribution is 2.30. The summed E-state index contributed by atoms with van der Waals surface area (Å²) < 4.78 is 28.7. The Morgan fingerprint density at radius 1 is 0.949 bits per heavy atom. The van der Waals surface area contributed by atoms with Crippen molar-refractivity contribution < 1.29 is 18.0 Å². The molecule has 2 amide bonds. The first-order valence-corrected chi connectivity index (χ1v) is 14.8. The summed E-state index contributed by atoms with van der Waals surface area (Å²) in [5.74, 6) is -0.552. The monoisotopic (exact) mass is 569 g/mol. The summed E-state index contributed by atoms with van der Waals surface area (Å²) >= 11 is 6.44. The summed E-state index contributed by atoms with van der Waals surface area (Å²) in [7, 11) is -4.16. The second kappa shape index (κ2) is 13.6. The van der Waals surface area contributed by atoms with Gasteiger partial charge in [0.1, 0.15) is 12.6 Å². The van der Waals surface area contributed by atoms with Crippen molar-refractivity contribution in [2.24, 2.45) is 5.92 Å². The van der Waals surface area contributed by atoms with Crippen LogP contribution in [0.4, 0.5) is 5.69 Å². The van der Waals surface area contributed by atoms with Crippen LogP contribution in [0.2, 0.25) is 5.02 Å². The van der Waals surface area contributed by atoms with Gasteiger partial charge in [-0.2, -0.15) is 0 Å². The van der Waals surface area contributed by atoms with Gasteiger partial charge in [-0.1, -0.05) is 92.5 Å². The van der Waals surface area contributed by atoms with Gasteiger partial charge in [0.2, 0.25) is 11.8 Å². The standard InChI is InChI=1S/C30H36ClN3O4S/c1-5-27(30(36)32-19-22(2)3)33(20-24-13-11-12-23(4)18-24)29(35)21-34(28-17-10-9-16-26(28)31)39(37,38)25-14-7-6-8-15-25/h6-18,22,27H,5,19-21H2,1-4H3,(H,32,36)/t27-/m0/s1. The fourth-order valence-corrected chi connectivity index (χ4v) is 5.98. The third-order valence-corrected chi connectivity index (χ3v) is 8.33. The number of anilines is 1. The number of hydrogen-bond donors (Lipinski definition) is 1. The molecule has 3 aromatic carbocycles. The summed E-state index contributed by atoms with van der Waals surface area (Å²) in [5, 5.41) is 3.12. The van der Waals surface area contributed by atoms with E-state index in [1.54, 1.807) is 42.5 Å². The zero-order valence-corrected chi connectivity index (χ0v) is 24.4. The zero-order chi connectivity index (χ0) is 28.6. The highest BCUT2D eigenvalue weighted by molar-refractivity contribution is 7.92. The Balaban J connectivity index is 2.05. The smallest absolute Gasteiger partial charge is 0.264 e. The van der Waals surface area contributed by atoms with Gasteiger partial charge in [0.25, 0.3) is 10.0 Å². The quantitative estimate of drug-likeness (QED) is 0.315. The van der Waals surface area contributed by atoms with Crippen molar-refractivity contribution in [1.82, 2.24) is 10.2 Å². The predicted octanol–water partition coefficient (Wildman–Crippen LogP) is 5.42. The number of amides is 2. The molecule has 0 saturated heterocycles. The number of nitrogens with one attached hydrogen (secondary N) is 1. The molecule has 3 aromatic rings. The molecule has 3 rings (SSSR count). The lowest BCUT2D eigenvalue weighted by Gasteiger charge is -2.33. The zero-order valence-electron chi connectivity index (χ0n) is 22.8. The van der Waals surface area contributed by atoms with E-state index in [1.807, 2.05) is 52.0 Å². The van der Waals surface area contributed by atoms with Gasteiger partial charge in [0, 0.05) is 13.1 Å². The number of benzene rings is 3. The number of carbonyl (C=O) groups excluding carboxylic acids is 2. The van der Waals surface area contributed by atoms with Gasteiger partial charge in [-0.25, -0.2) is 8.42 Å². The first-order valence-electron chi connectivity index (χ1n) is 13.0. The van der Waals surface area contributed by atoms with Gasteiger partial charge in [-0.05, 0) is 49.1 Å². The van der Waals surface area contributed by atoms with Gasteiger partial charge < -0.3 is 10.2 Å². The Morgan fingerprint density at radius 3 is 2.23 bits per heavy atom. The lowest BCUT2D eigenvalue weighted by Crippen LogP contribution is -2.52. The van der Waals surface area contributed by atoms with Crippen LogP contribution in [0.15, 0.2) is 83.8 Å². The minimum Gasteiger partial charge on any atom is -0.354 e. The second-order valence-corrected chi connectivity index (χ2v) is 12.1. The Hall–Kier alpha value is -3.36. The van der Waals surface area contributed by atoms with E-state index >= 15 is 0 Å². The largest absolute Gasteiger partial charge is 0.354 e. The Bertz CT molecular complexity index is 1380. The summed E-state index contributed by atoms with van der Waals surface area (Å²) in [4.78, 5) is 28.8. The molecule has 208 valence electrons. The van der Waals surface area contributed by atoms with Crippen molar-refractivity contribution in [2.75, 3.05) is 17.4 Å². The van der Waals surface area contributed by atoms with Crippen molar-refractivity contribution in [1.29, 1.82) is 0 Å². The average molecular weight is 570 g/mol. The van der Waals surface area contributed by atoms with E-state index in [-0.39, 0.29) is 34.0 Å². The molecule has 0 spiro atoms. The van der Waals surface area contributed by atoms with E-state index in [4.69, 9.17) is 11.6 Å². The molecular formula is C30H36ClN3O4S. The normalized spacial score (nSPS) is 12.2. The second-order valence-electron chi connectivity index (χ2n) is 9.85. The first kappa shape index (κ1) is 30.2. The maximum atomic E-state index is 14.0. The minimum atomic E-state index is -4.16. The molecule has 0 aliphatic heterocycles. The van der Waals surface area contributed by atoms with Crippen molar-refractivity contribution in [3.05, 3.63) is 95.0 Å². The van der Waals surface area contributed by atoms with Crippen LogP contribution >= 0.6 is 11.6 Å². The molecule has 39 heavy (non-hydrogen) atoms. The Labute approximate surface area is 236 Å². The Kier molecular flexibility index (Phi) is 10.5. The molecule has 0 saturated carbocycles. The van der Waals surface area contributed by atoms with Gasteiger partial charge >= 0.3 is 0 Å². The SMILES string of the molecule is CC[C@@H](C(=O)NCC(C)C)N(Cc1cccc(C)c1)C(=O)CN(c1ccccc1Cl)S(=O)(=O)c1ccccc1. The van der Waals surface area contributed by atoms with Crippen molar-refractivity contribution in [3.8, 4) is 0 Å². The molecule has 0 heterocycles. The third-order valence-electron chi connectivity index (χ3n) is 6.24. The minimum absolute atomic E-state index is 0.0321. The van der Waals surface area contributed by atoms with E-state index in [0.29, 0.717) is 13.0 Å². The molecule has 0 aromatic heterocycles. The van der Waals surface area contributed by atoms with E-state index in [2.05, 4.69) is 5.32 Å². The van der Waals surface area contributed by atoms with Crippen molar-refractivity contribution in [3.63, 3.8) is 0 Å². The number of sulfonamides is 1. The molecule has 7 nitrogen and oxygen atoms in total. The highest BCUT2D eigenvalue weighted by atomic mass is 35.5.